The Balaban J connectivity index is 1.59. The zero-order valence-corrected chi connectivity index (χ0v) is 16.9. The molecule has 1 aliphatic rings. The van der Waals surface area contributed by atoms with Crippen LogP contribution in [0.2, 0.25) is 0 Å². The first-order valence-electron chi connectivity index (χ1n) is 9.48. The van der Waals surface area contributed by atoms with Crippen molar-refractivity contribution in [2.45, 2.75) is 32.7 Å². The molecular weight excluding hydrogens is 374 g/mol. The Labute approximate surface area is 168 Å². The van der Waals surface area contributed by atoms with Crippen LogP contribution in [0, 0.1) is 5.92 Å². The van der Waals surface area contributed by atoms with Gasteiger partial charge in [0.25, 0.3) is 11.8 Å². The average molecular weight is 400 g/mol. The van der Waals surface area contributed by atoms with E-state index in [4.69, 9.17) is 0 Å². The van der Waals surface area contributed by atoms with E-state index in [1.54, 1.807) is 35.2 Å². The summed E-state index contributed by atoms with van der Waals surface area (Å²) in [7, 11) is 0. The molecule has 1 aromatic carbocycles. The summed E-state index contributed by atoms with van der Waals surface area (Å²) in [6.45, 7) is 5.00. The van der Waals surface area contributed by atoms with Crippen LogP contribution in [0.3, 0.4) is 0 Å². The Morgan fingerprint density at radius 3 is 2.50 bits per heavy atom. The fourth-order valence-corrected chi connectivity index (χ4v) is 3.88. The van der Waals surface area contributed by atoms with E-state index in [1.807, 2.05) is 25.3 Å². The van der Waals surface area contributed by atoms with Gasteiger partial charge in [-0.15, -0.1) is 11.3 Å². The number of hydrogen-bond acceptors (Lipinski definition) is 4. The molecule has 0 bridgehead atoms. The van der Waals surface area contributed by atoms with Crippen molar-refractivity contribution in [3.05, 3.63) is 52.2 Å². The lowest BCUT2D eigenvalue weighted by molar-refractivity contribution is -0.126. The topological polar surface area (TPSA) is 78.5 Å². The number of carbonyl (C=O) groups is 3. The summed E-state index contributed by atoms with van der Waals surface area (Å²) in [6, 6.07) is 10.7. The summed E-state index contributed by atoms with van der Waals surface area (Å²) in [5.41, 5.74) is 1.13. The van der Waals surface area contributed by atoms with Crippen LogP contribution in [-0.4, -0.2) is 41.8 Å². The second-order valence-electron chi connectivity index (χ2n) is 7.24. The molecule has 2 N–H and O–H groups in total. The third kappa shape index (κ3) is 4.98. The maximum absolute atomic E-state index is 12.8. The molecule has 7 heteroatoms. The lowest BCUT2D eigenvalue weighted by Gasteiger charge is -2.31. The van der Waals surface area contributed by atoms with Gasteiger partial charge in [-0.1, -0.05) is 12.1 Å². The number of nitrogens with one attached hydrogen (secondary N) is 2. The summed E-state index contributed by atoms with van der Waals surface area (Å²) in [5.74, 6) is -0.227. The van der Waals surface area contributed by atoms with E-state index >= 15 is 0 Å². The van der Waals surface area contributed by atoms with Gasteiger partial charge in [0.1, 0.15) is 0 Å². The van der Waals surface area contributed by atoms with Crippen molar-refractivity contribution in [3.63, 3.8) is 0 Å². The minimum Gasteiger partial charge on any atom is -0.354 e. The molecule has 1 aliphatic heterocycles. The highest BCUT2D eigenvalue weighted by atomic mass is 32.1. The summed E-state index contributed by atoms with van der Waals surface area (Å²) >= 11 is 1.37. The standard InChI is InChI=1S/C21H25N3O3S/c1-14(2)22-19(25)15-8-10-24(11-9-15)21(27)16-5-3-6-17(13-16)23-20(26)18-7-4-12-28-18/h3-7,12-15H,8-11H2,1-2H3,(H,22,25)(H,23,26). The van der Waals surface area contributed by atoms with Gasteiger partial charge < -0.3 is 15.5 Å². The molecule has 3 rings (SSSR count). The number of piperidine rings is 1. The van der Waals surface area contributed by atoms with E-state index in [2.05, 4.69) is 10.6 Å². The summed E-state index contributed by atoms with van der Waals surface area (Å²) < 4.78 is 0. The van der Waals surface area contributed by atoms with E-state index in [0.29, 0.717) is 42.1 Å². The number of likely N-dealkylation sites (tertiary alicyclic amines) is 1. The first-order valence-corrected chi connectivity index (χ1v) is 10.4. The molecule has 0 radical (unpaired) electrons. The van der Waals surface area contributed by atoms with Crippen LogP contribution in [-0.2, 0) is 4.79 Å². The second kappa shape index (κ2) is 9.01. The predicted molar refractivity (Wildman–Crippen MR) is 111 cm³/mol. The van der Waals surface area contributed by atoms with Crippen molar-refractivity contribution in [2.24, 2.45) is 5.92 Å². The number of anilines is 1. The number of hydrogen-bond donors (Lipinski definition) is 2. The Kier molecular flexibility index (Phi) is 6.46. The Morgan fingerprint density at radius 2 is 1.86 bits per heavy atom. The summed E-state index contributed by atoms with van der Waals surface area (Å²) in [4.78, 5) is 39.6. The van der Waals surface area contributed by atoms with Crippen LogP contribution in [0.15, 0.2) is 41.8 Å². The molecule has 28 heavy (non-hydrogen) atoms. The van der Waals surface area contributed by atoms with Crippen molar-refractivity contribution in [3.8, 4) is 0 Å². The normalized spacial score (nSPS) is 14.8. The van der Waals surface area contributed by atoms with Gasteiger partial charge in [0.15, 0.2) is 0 Å². The third-order valence-electron chi connectivity index (χ3n) is 4.70. The van der Waals surface area contributed by atoms with Gasteiger partial charge in [0.05, 0.1) is 4.88 Å². The van der Waals surface area contributed by atoms with Crippen LogP contribution in [0.25, 0.3) is 0 Å². The second-order valence-corrected chi connectivity index (χ2v) is 8.19. The van der Waals surface area contributed by atoms with Gasteiger partial charge >= 0.3 is 0 Å². The van der Waals surface area contributed by atoms with Crippen LogP contribution >= 0.6 is 11.3 Å². The Morgan fingerprint density at radius 1 is 1.11 bits per heavy atom. The number of amides is 3. The lowest BCUT2D eigenvalue weighted by atomic mass is 9.95. The zero-order chi connectivity index (χ0) is 20.1. The van der Waals surface area contributed by atoms with Crippen molar-refractivity contribution >= 4 is 34.7 Å². The molecule has 2 aromatic rings. The van der Waals surface area contributed by atoms with Gasteiger partial charge in [-0.05, 0) is 56.3 Å². The number of carbonyl (C=O) groups excluding carboxylic acids is 3. The van der Waals surface area contributed by atoms with Gasteiger partial charge in [-0.2, -0.15) is 0 Å². The molecule has 0 spiro atoms. The van der Waals surface area contributed by atoms with E-state index in [-0.39, 0.29) is 29.7 Å². The van der Waals surface area contributed by atoms with Crippen molar-refractivity contribution in [1.82, 2.24) is 10.2 Å². The molecule has 1 saturated heterocycles. The van der Waals surface area contributed by atoms with Gasteiger partial charge in [-0.3, -0.25) is 14.4 Å². The van der Waals surface area contributed by atoms with Gasteiger partial charge in [0.2, 0.25) is 5.91 Å². The van der Waals surface area contributed by atoms with Crippen molar-refractivity contribution < 1.29 is 14.4 Å². The van der Waals surface area contributed by atoms with E-state index in [0.717, 1.165) is 0 Å². The SMILES string of the molecule is CC(C)NC(=O)C1CCN(C(=O)c2cccc(NC(=O)c3cccs3)c2)CC1. The van der Waals surface area contributed by atoms with Crippen LogP contribution in [0.5, 0.6) is 0 Å². The first kappa shape index (κ1) is 20.1. The molecule has 0 aliphatic carbocycles. The molecule has 6 nitrogen and oxygen atoms in total. The quantitative estimate of drug-likeness (QED) is 0.809. The van der Waals surface area contributed by atoms with E-state index in [1.165, 1.54) is 11.3 Å². The van der Waals surface area contributed by atoms with E-state index in [9.17, 15) is 14.4 Å². The van der Waals surface area contributed by atoms with Crippen molar-refractivity contribution in [2.75, 3.05) is 18.4 Å². The Bertz CT molecular complexity index is 840. The van der Waals surface area contributed by atoms with Crippen LogP contribution < -0.4 is 10.6 Å². The first-order chi connectivity index (χ1) is 13.4. The van der Waals surface area contributed by atoms with Gasteiger partial charge in [0, 0.05) is 36.3 Å². The predicted octanol–water partition coefficient (Wildman–Crippen LogP) is 3.38. The smallest absolute Gasteiger partial charge is 0.265 e. The minimum atomic E-state index is -0.184. The molecule has 0 saturated carbocycles. The van der Waals surface area contributed by atoms with Crippen LogP contribution in [0.1, 0.15) is 46.7 Å². The maximum atomic E-state index is 12.8. The fourth-order valence-electron chi connectivity index (χ4n) is 3.26. The number of benzene rings is 1. The maximum Gasteiger partial charge on any atom is 0.265 e. The van der Waals surface area contributed by atoms with Gasteiger partial charge in [-0.25, -0.2) is 0 Å². The molecule has 1 fully saturated rings. The van der Waals surface area contributed by atoms with Crippen LogP contribution in [0.4, 0.5) is 5.69 Å². The molecule has 1 aromatic heterocycles. The molecule has 3 amide bonds. The molecule has 148 valence electrons. The van der Waals surface area contributed by atoms with E-state index < -0.39 is 0 Å². The molecular formula is C21H25N3O3S. The molecule has 0 atom stereocenters. The highest BCUT2D eigenvalue weighted by Gasteiger charge is 2.28. The largest absolute Gasteiger partial charge is 0.354 e. The zero-order valence-electron chi connectivity index (χ0n) is 16.1. The Hall–Kier alpha value is -2.67. The number of thiophene rings is 1. The monoisotopic (exact) mass is 399 g/mol. The molecule has 2 heterocycles. The average Bonchev–Trinajstić information content (AvgIpc) is 3.22. The summed E-state index contributed by atoms with van der Waals surface area (Å²) in [6.07, 6.45) is 1.33. The third-order valence-corrected chi connectivity index (χ3v) is 5.56. The fraction of sp³-hybridized carbons (Fsp3) is 0.381. The highest BCUT2D eigenvalue weighted by Crippen LogP contribution is 2.21. The highest BCUT2D eigenvalue weighted by molar-refractivity contribution is 7.12. The summed E-state index contributed by atoms with van der Waals surface area (Å²) in [5, 5.41) is 7.62. The molecule has 0 unspecified atom stereocenters. The number of nitrogens with zero attached hydrogens (tertiary/aromatic N) is 1. The lowest BCUT2D eigenvalue weighted by Crippen LogP contribution is -2.44. The van der Waals surface area contributed by atoms with Crippen molar-refractivity contribution in [1.29, 1.82) is 0 Å². The minimum absolute atomic E-state index is 0.0390. The number of rotatable bonds is 5.